The van der Waals surface area contributed by atoms with Crippen molar-refractivity contribution in [3.63, 3.8) is 0 Å². The number of benzene rings is 2. The SMILES string of the molecule is COc1ccc(CN(Sc2cc(C(F)(F)F)c(F)cc2F)c2nccs2)c(OC)c1. The van der Waals surface area contributed by atoms with Gasteiger partial charge in [0.15, 0.2) is 5.13 Å². The first-order valence-electron chi connectivity index (χ1n) is 8.35. The second-order valence-electron chi connectivity index (χ2n) is 5.88. The van der Waals surface area contributed by atoms with Crippen LogP contribution >= 0.6 is 23.3 Å². The van der Waals surface area contributed by atoms with E-state index in [9.17, 15) is 22.0 Å². The third-order valence-corrected chi connectivity index (χ3v) is 5.92. The van der Waals surface area contributed by atoms with Gasteiger partial charge in [0, 0.05) is 29.3 Å². The van der Waals surface area contributed by atoms with Crippen LogP contribution in [0.3, 0.4) is 0 Å². The molecule has 0 N–H and O–H groups in total. The first-order chi connectivity index (χ1) is 14.2. The molecule has 1 heterocycles. The molecule has 0 radical (unpaired) electrons. The zero-order chi connectivity index (χ0) is 21.9. The van der Waals surface area contributed by atoms with E-state index in [1.165, 1.54) is 36.1 Å². The van der Waals surface area contributed by atoms with Crippen LogP contribution in [0.25, 0.3) is 0 Å². The topological polar surface area (TPSA) is 34.6 Å². The van der Waals surface area contributed by atoms with Crippen LogP contribution in [0.15, 0.2) is 46.8 Å². The quantitative estimate of drug-likeness (QED) is 0.310. The highest BCUT2D eigenvalue weighted by molar-refractivity contribution is 8.00. The van der Waals surface area contributed by atoms with E-state index in [0.717, 1.165) is 0 Å². The van der Waals surface area contributed by atoms with Crippen LogP contribution in [0.2, 0.25) is 0 Å². The van der Waals surface area contributed by atoms with Gasteiger partial charge in [0.2, 0.25) is 0 Å². The number of methoxy groups -OCH3 is 2. The van der Waals surface area contributed by atoms with Crippen molar-refractivity contribution in [1.29, 1.82) is 0 Å². The fourth-order valence-corrected chi connectivity index (χ4v) is 4.22. The third-order valence-electron chi connectivity index (χ3n) is 3.98. The summed E-state index contributed by atoms with van der Waals surface area (Å²) < 4.78 is 79.1. The number of hydrogen-bond acceptors (Lipinski definition) is 6. The summed E-state index contributed by atoms with van der Waals surface area (Å²) >= 11 is 1.91. The molecule has 11 heteroatoms. The van der Waals surface area contributed by atoms with Crippen molar-refractivity contribution < 1.29 is 31.4 Å². The van der Waals surface area contributed by atoms with E-state index in [4.69, 9.17) is 9.47 Å². The van der Waals surface area contributed by atoms with Crippen molar-refractivity contribution in [3.8, 4) is 11.5 Å². The Morgan fingerprint density at radius 2 is 1.83 bits per heavy atom. The molecule has 0 bridgehead atoms. The smallest absolute Gasteiger partial charge is 0.419 e. The van der Waals surface area contributed by atoms with Gasteiger partial charge in [-0.2, -0.15) is 13.2 Å². The van der Waals surface area contributed by atoms with Crippen LogP contribution in [0, 0.1) is 11.6 Å². The van der Waals surface area contributed by atoms with Crippen molar-refractivity contribution in [3.05, 3.63) is 64.7 Å². The van der Waals surface area contributed by atoms with Crippen molar-refractivity contribution >= 4 is 28.4 Å². The number of alkyl halides is 3. The first kappa shape index (κ1) is 22.2. The van der Waals surface area contributed by atoms with Crippen LogP contribution in [0.4, 0.5) is 27.1 Å². The molecule has 0 aliphatic heterocycles. The van der Waals surface area contributed by atoms with Crippen LogP contribution < -0.4 is 13.8 Å². The van der Waals surface area contributed by atoms with E-state index < -0.39 is 23.4 Å². The summed E-state index contributed by atoms with van der Waals surface area (Å²) in [6, 6.07) is 5.77. The second-order valence-corrected chi connectivity index (χ2v) is 7.82. The number of rotatable bonds is 7. The third kappa shape index (κ3) is 4.96. The minimum atomic E-state index is -4.95. The van der Waals surface area contributed by atoms with Gasteiger partial charge in [-0.15, -0.1) is 11.3 Å². The summed E-state index contributed by atoms with van der Waals surface area (Å²) in [4.78, 5) is 3.77. The molecule has 0 aliphatic rings. The molecule has 4 nitrogen and oxygen atoms in total. The summed E-state index contributed by atoms with van der Waals surface area (Å²) in [5.74, 6) is -1.73. The van der Waals surface area contributed by atoms with E-state index in [2.05, 4.69) is 4.98 Å². The Balaban J connectivity index is 1.98. The molecule has 0 spiro atoms. The molecule has 3 rings (SSSR count). The van der Waals surface area contributed by atoms with Gasteiger partial charge in [-0.3, -0.25) is 4.31 Å². The van der Waals surface area contributed by atoms with Crippen LogP contribution in [-0.4, -0.2) is 19.2 Å². The predicted molar refractivity (Wildman–Crippen MR) is 105 cm³/mol. The highest BCUT2D eigenvalue weighted by Gasteiger charge is 2.35. The summed E-state index contributed by atoms with van der Waals surface area (Å²) in [5, 5.41) is 2.10. The van der Waals surface area contributed by atoms with Crippen LogP contribution in [0.1, 0.15) is 11.1 Å². The summed E-state index contributed by atoms with van der Waals surface area (Å²) in [5.41, 5.74) is -0.868. The molecule has 30 heavy (non-hydrogen) atoms. The zero-order valence-corrected chi connectivity index (χ0v) is 17.3. The lowest BCUT2D eigenvalue weighted by molar-refractivity contribution is -0.140. The Hall–Kier alpha value is -2.53. The number of anilines is 1. The molecule has 0 amide bonds. The van der Waals surface area contributed by atoms with E-state index >= 15 is 0 Å². The molecular formula is C19H15F5N2O2S2. The van der Waals surface area contributed by atoms with E-state index in [1.54, 1.807) is 23.6 Å². The largest absolute Gasteiger partial charge is 0.497 e. The molecule has 0 unspecified atom stereocenters. The van der Waals surface area contributed by atoms with E-state index in [0.29, 0.717) is 40.2 Å². The number of halogens is 5. The molecule has 0 aliphatic carbocycles. The van der Waals surface area contributed by atoms with Gasteiger partial charge in [-0.25, -0.2) is 13.8 Å². The molecule has 0 atom stereocenters. The Bertz CT molecular complexity index is 1010. The molecule has 0 saturated heterocycles. The molecule has 2 aromatic carbocycles. The minimum Gasteiger partial charge on any atom is -0.497 e. The second kappa shape index (κ2) is 9.09. The summed E-state index contributed by atoms with van der Waals surface area (Å²) in [7, 11) is 2.97. The Kier molecular flexibility index (Phi) is 6.71. The zero-order valence-electron chi connectivity index (χ0n) is 15.7. The maximum absolute atomic E-state index is 14.3. The maximum Gasteiger partial charge on any atom is 0.419 e. The average molecular weight is 462 g/mol. The monoisotopic (exact) mass is 462 g/mol. The number of ether oxygens (including phenoxy) is 2. The molecule has 1 aromatic heterocycles. The van der Waals surface area contributed by atoms with Gasteiger partial charge < -0.3 is 9.47 Å². The average Bonchev–Trinajstić information content (AvgIpc) is 3.23. The standard InChI is InChI=1S/C19H15F5N2O2S2/c1-27-12-4-3-11(16(7-12)28-2)10-26(18-25-5-6-29-18)30-17-8-13(19(22,23)24)14(20)9-15(17)21/h3-9H,10H2,1-2H3. The van der Waals surface area contributed by atoms with Crippen molar-refractivity contribution in [2.45, 2.75) is 17.6 Å². The molecular weight excluding hydrogens is 447 g/mol. The van der Waals surface area contributed by atoms with Gasteiger partial charge in [0.1, 0.15) is 23.1 Å². The normalized spacial score (nSPS) is 11.4. The summed E-state index contributed by atoms with van der Waals surface area (Å²) in [6.07, 6.45) is -3.43. The Morgan fingerprint density at radius 3 is 2.43 bits per heavy atom. The van der Waals surface area contributed by atoms with Gasteiger partial charge in [-0.05, 0) is 30.1 Å². The van der Waals surface area contributed by atoms with Crippen molar-refractivity contribution in [1.82, 2.24) is 4.98 Å². The van der Waals surface area contributed by atoms with Gasteiger partial charge in [-0.1, -0.05) is 0 Å². The lowest BCUT2D eigenvalue weighted by Gasteiger charge is -2.22. The van der Waals surface area contributed by atoms with Gasteiger partial charge in [0.25, 0.3) is 0 Å². The first-order valence-corrected chi connectivity index (χ1v) is 10.0. The molecule has 0 fully saturated rings. The van der Waals surface area contributed by atoms with Crippen LogP contribution in [0.5, 0.6) is 11.5 Å². The fraction of sp³-hybridized carbons (Fsp3) is 0.211. The maximum atomic E-state index is 14.3. The lowest BCUT2D eigenvalue weighted by atomic mass is 10.2. The number of thiazole rings is 1. The molecule has 160 valence electrons. The lowest BCUT2D eigenvalue weighted by Crippen LogP contribution is -2.16. The highest BCUT2D eigenvalue weighted by atomic mass is 32.2. The van der Waals surface area contributed by atoms with Gasteiger partial charge in [0.05, 0.1) is 31.2 Å². The summed E-state index contributed by atoms with van der Waals surface area (Å²) in [6.45, 7) is 0.128. The highest BCUT2D eigenvalue weighted by Crippen LogP contribution is 2.39. The fourth-order valence-electron chi connectivity index (χ4n) is 2.55. The predicted octanol–water partition coefficient (Wildman–Crippen LogP) is 6.17. The number of nitrogens with zero attached hydrogens (tertiary/aromatic N) is 2. The Morgan fingerprint density at radius 1 is 1.07 bits per heavy atom. The van der Waals surface area contributed by atoms with E-state index in [1.807, 2.05) is 0 Å². The molecule has 3 aromatic rings. The van der Waals surface area contributed by atoms with Crippen molar-refractivity contribution in [2.24, 2.45) is 0 Å². The van der Waals surface area contributed by atoms with Crippen LogP contribution in [-0.2, 0) is 12.7 Å². The van der Waals surface area contributed by atoms with Gasteiger partial charge >= 0.3 is 6.18 Å². The Labute approximate surface area is 177 Å². The number of aromatic nitrogens is 1. The molecule has 0 saturated carbocycles. The number of hydrogen-bond donors (Lipinski definition) is 0. The van der Waals surface area contributed by atoms with Crippen molar-refractivity contribution in [2.75, 3.05) is 18.5 Å². The minimum absolute atomic E-state index is 0.128. The van der Waals surface area contributed by atoms with E-state index in [-0.39, 0.29) is 17.5 Å².